The van der Waals surface area contributed by atoms with Gasteiger partial charge in [-0.1, -0.05) is 6.08 Å². The highest BCUT2D eigenvalue weighted by Gasteiger charge is 2.15. The Morgan fingerprint density at radius 3 is 2.89 bits per heavy atom. The zero-order chi connectivity index (χ0) is 14.0. The van der Waals surface area contributed by atoms with Crippen molar-refractivity contribution in [2.75, 3.05) is 6.54 Å². The van der Waals surface area contributed by atoms with Gasteiger partial charge in [-0.05, 0) is 18.6 Å². The summed E-state index contributed by atoms with van der Waals surface area (Å²) < 4.78 is 32.7. The molecule has 0 aliphatic rings. The van der Waals surface area contributed by atoms with E-state index in [1.165, 1.54) is 16.7 Å². The van der Waals surface area contributed by atoms with E-state index in [1.807, 2.05) is 0 Å². The van der Waals surface area contributed by atoms with Crippen LogP contribution in [0.25, 0.3) is 11.1 Å². The Balaban J connectivity index is 2.40. The molecule has 1 N–H and O–H groups in total. The van der Waals surface area contributed by atoms with E-state index in [4.69, 9.17) is 4.42 Å². The van der Waals surface area contributed by atoms with Crippen LogP contribution >= 0.6 is 0 Å². The van der Waals surface area contributed by atoms with Crippen molar-refractivity contribution in [3.8, 4) is 0 Å². The molecule has 2 aromatic rings. The maximum atomic E-state index is 12.0. The average molecular weight is 282 g/mol. The molecule has 7 heteroatoms. The van der Waals surface area contributed by atoms with Crippen molar-refractivity contribution in [2.45, 2.75) is 11.3 Å². The number of rotatable bonds is 5. The van der Waals surface area contributed by atoms with Crippen LogP contribution in [0.4, 0.5) is 0 Å². The fourth-order valence-corrected chi connectivity index (χ4v) is 2.72. The Bertz CT molecular complexity index is 771. The zero-order valence-corrected chi connectivity index (χ0v) is 11.2. The summed E-state index contributed by atoms with van der Waals surface area (Å²) in [5.74, 6) is -0.524. The van der Waals surface area contributed by atoms with Gasteiger partial charge in [0.15, 0.2) is 5.58 Å². The minimum atomic E-state index is -3.60. The summed E-state index contributed by atoms with van der Waals surface area (Å²) in [7, 11) is -2.04. The van der Waals surface area contributed by atoms with Gasteiger partial charge in [-0.15, -0.1) is 6.58 Å². The number of aryl methyl sites for hydroxylation is 1. The molecular formula is C12H14N2O4S. The Kier molecular flexibility index (Phi) is 3.59. The predicted molar refractivity (Wildman–Crippen MR) is 71.5 cm³/mol. The summed E-state index contributed by atoms with van der Waals surface area (Å²) in [4.78, 5) is 11.4. The van der Waals surface area contributed by atoms with E-state index in [0.29, 0.717) is 11.9 Å². The molecular weight excluding hydrogens is 268 g/mol. The molecule has 1 heterocycles. The van der Waals surface area contributed by atoms with Crippen LogP contribution in [0.1, 0.15) is 6.42 Å². The third-order valence-electron chi connectivity index (χ3n) is 2.71. The molecule has 0 atom stereocenters. The standard InChI is InChI=1S/C12H14N2O4S/c1-3-4-7-13-19(16,17)9-5-6-10-11(8-9)18-12(15)14(10)2/h3,5-6,8,13H,1,4,7H2,2H3. The Hall–Kier alpha value is -1.86. The highest BCUT2D eigenvalue weighted by atomic mass is 32.2. The lowest BCUT2D eigenvalue weighted by atomic mass is 10.3. The van der Waals surface area contributed by atoms with Crippen LogP contribution < -0.4 is 10.5 Å². The van der Waals surface area contributed by atoms with Crippen molar-refractivity contribution < 1.29 is 12.8 Å². The second-order valence-electron chi connectivity index (χ2n) is 4.03. The van der Waals surface area contributed by atoms with Crippen molar-refractivity contribution >= 4 is 21.1 Å². The molecule has 19 heavy (non-hydrogen) atoms. The first-order valence-electron chi connectivity index (χ1n) is 5.66. The second kappa shape index (κ2) is 5.02. The molecule has 0 fully saturated rings. The lowest BCUT2D eigenvalue weighted by molar-refractivity contribution is 0.527. The summed E-state index contributed by atoms with van der Waals surface area (Å²) in [5, 5.41) is 0. The Morgan fingerprint density at radius 2 is 2.21 bits per heavy atom. The first kappa shape index (κ1) is 13.6. The molecule has 0 amide bonds. The van der Waals surface area contributed by atoms with Gasteiger partial charge in [0.25, 0.3) is 0 Å². The van der Waals surface area contributed by atoms with Gasteiger partial charge in [0.2, 0.25) is 10.0 Å². The number of fused-ring (bicyclic) bond motifs is 1. The first-order chi connectivity index (χ1) is 8.95. The van der Waals surface area contributed by atoms with E-state index in [1.54, 1.807) is 19.2 Å². The summed E-state index contributed by atoms with van der Waals surface area (Å²) in [6, 6.07) is 4.32. The minimum Gasteiger partial charge on any atom is -0.408 e. The monoisotopic (exact) mass is 282 g/mol. The summed E-state index contributed by atoms with van der Waals surface area (Å²) in [6.07, 6.45) is 2.17. The lowest BCUT2D eigenvalue weighted by Gasteiger charge is -2.05. The van der Waals surface area contributed by atoms with Crippen LogP contribution in [-0.4, -0.2) is 19.5 Å². The van der Waals surface area contributed by atoms with Crippen LogP contribution in [0, 0.1) is 0 Å². The van der Waals surface area contributed by atoms with Gasteiger partial charge in [0, 0.05) is 19.7 Å². The number of hydrogen-bond donors (Lipinski definition) is 1. The smallest absolute Gasteiger partial charge is 0.408 e. The van der Waals surface area contributed by atoms with Gasteiger partial charge < -0.3 is 4.42 Å². The SMILES string of the molecule is C=CCCNS(=O)(=O)c1ccc2c(c1)oc(=O)n2C. The molecule has 0 aliphatic heterocycles. The molecule has 0 spiro atoms. The summed E-state index contributed by atoms with van der Waals surface area (Å²) >= 11 is 0. The van der Waals surface area contributed by atoms with Crippen molar-refractivity contribution in [1.82, 2.24) is 9.29 Å². The molecule has 0 aliphatic carbocycles. The van der Waals surface area contributed by atoms with Crippen molar-refractivity contribution in [3.63, 3.8) is 0 Å². The fraction of sp³-hybridized carbons (Fsp3) is 0.250. The maximum Gasteiger partial charge on any atom is 0.419 e. The van der Waals surface area contributed by atoms with Crippen LogP contribution in [0.5, 0.6) is 0 Å². The number of oxazole rings is 1. The van der Waals surface area contributed by atoms with E-state index in [9.17, 15) is 13.2 Å². The van der Waals surface area contributed by atoms with Crippen LogP contribution in [0.2, 0.25) is 0 Å². The summed E-state index contributed by atoms with van der Waals surface area (Å²) in [5.41, 5.74) is 0.800. The van der Waals surface area contributed by atoms with E-state index in [2.05, 4.69) is 11.3 Å². The van der Waals surface area contributed by atoms with E-state index in [0.717, 1.165) is 0 Å². The molecule has 0 saturated heterocycles. The van der Waals surface area contributed by atoms with Gasteiger partial charge in [-0.3, -0.25) is 4.57 Å². The second-order valence-corrected chi connectivity index (χ2v) is 5.80. The topological polar surface area (TPSA) is 81.3 Å². The van der Waals surface area contributed by atoms with Crippen LogP contribution in [0.3, 0.4) is 0 Å². The van der Waals surface area contributed by atoms with E-state index >= 15 is 0 Å². The number of aromatic nitrogens is 1. The normalized spacial score (nSPS) is 11.8. The quantitative estimate of drug-likeness (QED) is 0.655. The van der Waals surface area contributed by atoms with E-state index < -0.39 is 15.8 Å². The molecule has 1 aromatic carbocycles. The zero-order valence-electron chi connectivity index (χ0n) is 10.4. The summed E-state index contributed by atoms with van der Waals surface area (Å²) in [6.45, 7) is 3.80. The average Bonchev–Trinajstić information content (AvgIpc) is 2.65. The first-order valence-corrected chi connectivity index (χ1v) is 7.14. The molecule has 6 nitrogen and oxygen atoms in total. The van der Waals surface area contributed by atoms with Gasteiger partial charge in [0.05, 0.1) is 10.4 Å². The highest BCUT2D eigenvalue weighted by Crippen LogP contribution is 2.17. The molecule has 102 valence electrons. The highest BCUT2D eigenvalue weighted by molar-refractivity contribution is 7.89. The van der Waals surface area contributed by atoms with Crippen LogP contribution in [-0.2, 0) is 17.1 Å². The fourth-order valence-electron chi connectivity index (χ4n) is 1.66. The van der Waals surface area contributed by atoms with Crippen molar-refractivity contribution in [2.24, 2.45) is 7.05 Å². The third-order valence-corrected chi connectivity index (χ3v) is 4.17. The van der Waals surface area contributed by atoms with Crippen molar-refractivity contribution in [3.05, 3.63) is 41.4 Å². The Labute approximate surface area is 110 Å². The van der Waals surface area contributed by atoms with Gasteiger partial charge in [-0.2, -0.15) is 0 Å². The molecule has 0 saturated carbocycles. The third kappa shape index (κ3) is 2.61. The van der Waals surface area contributed by atoms with Gasteiger partial charge >= 0.3 is 5.76 Å². The molecule has 1 aromatic heterocycles. The van der Waals surface area contributed by atoms with Crippen molar-refractivity contribution in [1.29, 1.82) is 0 Å². The maximum absolute atomic E-state index is 12.0. The number of nitrogens with one attached hydrogen (secondary N) is 1. The lowest BCUT2D eigenvalue weighted by Crippen LogP contribution is -2.24. The molecule has 0 radical (unpaired) electrons. The number of hydrogen-bond acceptors (Lipinski definition) is 4. The largest absolute Gasteiger partial charge is 0.419 e. The minimum absolute atomic E-state index is 0.0680. The van der Waals surface area contributed by atoms with Gasteiger partial charge in [0.1, 0.15) is 0 Å². The van der Waals surface area contributed by atoms with Gasteiger partial charge in [-0.25, -0.2) is 17.9 Å². The number of benzene rings is 1. The molecule has 0 unspecified atom stereocenters. The molecule has 2 rings (SSSR count). The number of nitrogens with zero attached hydrogens (tertiary/aromatic N) is 1. The Morgan fingerprint density at radius 1 is 1.47 bits per heavy atom. The molecule has 0 bridgehead atoms. The van der Waals surface area contributed by atoms with E-state index in [-0.39, 0.29) is 17.0 Å². The number of sulfonamides is 1. The van der Waals surface area contributed by atoms with Crippen LogP contribution in [0.15, 0.2) is 45.0 Å². The predicted octanol–water partition coefficient (Wildman–Crippen LogP) is 0.986.